The Morgan fingerprint density at radius 3 is 2.62 bits per heavy atom. The monoisotopic (exact) mass is 386 g/mol. The molecule has 0 fully saturated rings. The van der Waals surface area contributed by atoms with Crippen molar-refractivity contribution in [1.82, 2.24) is 4.98 Å². The number of aryl methyl sites for hydroxylation is 3. The van der Waals surface area contributed by atoms with E-state index in [1.54, 1.807) is 0 Å². The Morgan fingerprint density at radius 2 is 1.86 bits per heavy atom. The highest BCUT2D eigenvalue weighted by molar-refractivity contribution is 5.97. The number of aromatic nitrogens is 1. The van der Waals surface area contributed by atoms with Crippen molar-refractivity contribution in [2.75, 3.05) is 11.4 Å². The number of rotatable bonds is 5. The topological polar surface area (TPSA) is 53.2 Å². The van der Waals surface area contributed by atoms with Crippen molar-refractivity contribution in [3.63, 3.8) is 0 Å². The van der Waals surface area contributed by atoms with Crippen LogP contribution < -0.4 is 10.5 Å². The molecule has 1 N–H and O–H groups in total. The van der Waals surface area contributed by atoms with Crippen LogP contribution in [0.15, 0.2) is 59.4 Å². The van der Waals surface area contributed by atoms with E-state index < -0.39 is 0 Å². The fraction of sp³-hybridized carbons (Fsp3) is 0.280. The Hall–Kier alpha value is -3.14. The maximum Gasteiger partial charge on any atom is 0.251 e. The number of pyridine rings is 1. The number of aromatic amines is 1. The average molecular weight is 386 g/mol. The first-order valence-electron chi connectivity index (χ1n) is 10.2. The Labute approximate surface area is 171 Å². The van der Waals surface area contributed by atoms with Gasteiger partial charge in [0.15, 0.2) is 5.78 Å². The summed E-state index contributed by atoms with van der Waals surface area (Å²) in [4.78, 5) is 30.2. The highest BCUT2D eigenvalue weighted by Crippen LogP contribution is 2.34. The molecule has 4 nitrogen and oxygen atoms in total. The van der Waals surface area contributed by atoms with Crippen molar-refractivity contribution in [3.05, 3.63) is 92.9 Å². The predicted octanol–water partition coefficient (Wildman–Crippen LogP) is 4.89. The van der Waals surface area contributed by atoms with Crippen LogP contribution in [0.5, 0.6) is 0 Å². The van der Waals surface area contributed by atoms with Gasteiger partial charge in [-0.05, 0) is 80.6 Å². The summed E-state index contributed by atoms with van der Waals surface area (Å²) in [5, 5.41) is 0. The van der Waals surface area contributed by atoms with E-state index in [1.165, 1.54) is 16.9 Å². The van der Waals surface area contributed by atoms with Crippen LogP contribution in [0.4, 0.5) is 11.4 Å². The lowest BCUT2D eigenvalue weighted by Crippen LogP contribution is -2.24. The number of ketones is 1. The summed E-state index contributed by atoms with van der Waals surface area (Å²) in [6.45, 7) is 4.79. The van der Waals surface area contributed by atoms with Crippen molar-refractivity contribution in [2.45, 2.75) is 39.5 Å². The quantitative estimate of drug-likeness (QED) is 0.635. The summed E-state index contributed by atoms with van der Waals surface area (Å²) < 4.78 is 0. The number of hydrogen-bond donors (Lipinski definition) is 1. The third kappa shape index (κ3) is 4.02. The standard InChI is InChI=1S/C25H26N2O2/c1-17-15-18(2)26-25(29)22(17)11-13-24(28)20-10-12-23-19(16-20)7-6-14-27(23)21-8-4-3-5-9-21/h3-5,8-10,12,15-16H,6-7,11,13-14H2,1-2H3,(H,26,29). The number of hydrogen-bond acceptors (Lipinski definition) is 3. The van der Waals surface area contributed by atoms with Gasteiger partial charge in [-0.25, -0.2) is 0 Å². The van der Waals surface area contributed by atoms with Crippen LogP contribution in [0.2, 0.25) is 0 Å². The minimum atomic E-state index is -0.0840. The zero-order valence-corrected chi connectivity index (χ0v) is 17.0. The molecule has 4 heteroatoms. The Balaban J connectivity index is 1.53. The number of carbonyl (C=O) groups is 1. The lowest BCUT2D eigenvalue weighted by Gasteiger charge is -2.31. The van der Waals surface area contributed by atoms with Crippen LogP contribution in [0.3, 0.4) is 0 Å². The highest BCUT2D eigenvalue weighted by Gasteiger charge is 2.20. The van der Waals surface area contributed by atoms with E-state index in [9.17, 15) is 9.59 Å². The number of fused-ring (bicyclic) bond motifs is 1. The van der Waals surface area contributed by atoms with Crippen molar-refractivity contribution in [3.8, 4) is 0 Å². The molecule has 0 spiro atoms. The van der Waals surface area contributed by atoms with E-state index in [1.807, 2.05) is 38.1 Å². The van der Waals surface area contributed by atoms with Gasteiger partial charge in [0.25, 0.3) is 5.56 Å². The highest BCUT2D eigenvalue weighted by atomic mass is 16.1. The third-order valence-corrected chi connectivity index (χ3v) is 5.68. The van der Waals surface area contributed by atoms with Crippen molar-refractivity contribution < 1.29 is 4.79 Å². The van der Waals surface area contributed by atoms with Gasteiger partial charge in [-0.3, -0.25) is 9.59 Å². The summed E-state index contributed by atoms with van der Waals surface area (Å²) in [5.41, 5.74) is 6.74. The van der Waals surface area contributed by atoms with Crippen molar-refractivity contribution in [2.24, 2.45) is 0 Å². The molecule has 0 radical (unpaired) electrons. The fourth-order valence-corrected chi connectivity index (χ4v) is 4.22. The fourth-order valence-electron chi connectivity index (χ4n) is 4.22. The number of anilines is 2. The molecular formula is C25H26N2O2. The van der Waals surface area contributed by atoms with Gasteiger partial charge >= 0.3 is 0 Å². The molecule has 1 aromatic heterocycles. The maximum absolute atomic E-state index is 12.8. The van der Waals surface area contributed by atoms with E-state index in [0.717, 1.165) is 36.2 Å². The molecule has 2 aromatic carbocycles. The van der Waals surface area contributed by atoms with Gasteiger partial charge < -0.3 is 9.88 Å². The van der Waals surface area contributed by atoms with E-state index in [-0.39, 0.29) is 11.3 Å². The largest absolute Gasteiger partial charge is 0.341 e. The molecule has 0 unspecified atom stereocenters. The first-order chi connectivity index (χ1) is 14.0. The van der Waals surface area contributed by atoms with Crippen molar-refractivity contribution in [1.29, 1.82) is 0 Å². The van der Waals surface area contributed by atoms with Gasteiger partial charge in [0.2, 0.25) is 0 Å². The molecular weight excluding hydrogens is 360 g/mol. The smallest absolute Gasteiger partial charge is 0.251 e. The molecule has 0 atom stereocenters. The predicted molar refractivity (Wildman–Crippen MR) is 117 cm³/mol. The Bertz CT molecular complexity index is 1100. The van der Waals surface area contributed by atoms with Gasteiger partial charge in [-0.15, -0.1) is 0 Å². The Morgan fingerprint density at radius 1 is 1.07 bits per heavy atom. The molecule has 0 amide bonds. The average Bonchev–Trinajstić information content (AvgIpc) is 2.72. The second-order valence-corrected chi connectivity index (χ2v) is 7.80. The molecule has 148 valence electrons. The van der Waals surface area contributed by atoms with E-state index >= 15 is 0 Å². The first-order valence-corrected chi connectivity index (χ1v) is 10.2. The molecule has 0 aliphatic carbocycles. The number of Topliss-reactive ketones (excluding diaryl/α,β-unsaturated/α-hetero) is 1. The summed E-state index contributed by atoms with van der Waals surface area (Å²) in [6.07, 6.45) is 2.86. The Kier molecular flexibility index (Phi) is 5.34. The van der Waals surface area contributed by atoms with Crippen LogP contribution in [0.1, 0.15) is 45.6 Å². The molecule has 1 aliphatic rings. The maximum atomic E-state index is 12.8. The summed E-state index contributed by atoms with van der Waals surface area (Å²) in [7, 11) is 0. The van der Waals surface area contributed by atoms with Crippen molar-refractivity contribution >= 4 is 17.2 Å². The number of carbonyl (C=O) groups excluding carboxylic acids is 1. The van der Waals surface area contributed by atoms with Gasteiger partial charge in [-0.1, -0.05) is 18.2 Å². The van der Waals surface area contributed by atoms with Crippen LogP contribution in [-0.2, 0) is 12.8 Å². The number of para-hydroxylation sites is 1. The van der Waals surface area contributed by atoms with Gasteiger partial charge in [0.1, 0.15) is 0 Å². The summed E-state index contributed by atoms with van der Waals surface area (Å²) in [5.74, 6) is 0.0870. The number of nitrogens with one attached hydrogen (secondary N) is 1. The van der Waals surface area contributed by atoms with Crippen LogP contribution in [-0.4, -0.2) is 17.3 Å². The minimum Gasteiger partial charge on any atom is -0.341 e. The number of H-pyrrole nitrogens is 1. The van der Waals surface area contributed by atoms with Gasteiger partial charge in [-0.2, -0.15) is 0 Å². The summed E-state index contributed by atoms with van der Waals surface area (Å²) >= 11 is 0. The molecule has 0 saturated heterocycles. The molecule has 4 rings (SSSR count). The molecule has 0 bridgehead atoms. The minimum absolute atomic E-state index is 0.0840. The first kappa shape index (κ1) is 19.2. The normalized spacial score (nSPS) is 13.2. The second kappa shape index (κ2) is 8.08. The summed E-state index contributed by atoms with van der Waals surface area (Å²) in [6, 6.07) is 18.4. The zero-order chi connectivity index (χ0) is 20.4. The molecule has 0 saturated carbocycles. The zero-order valence-electron chi connectivity index (χ0n) is 17.0. The molecule has 3 aromatic rings. The second-order valence-electron chi connectivity index (χ2n) is 7.80. The molecule has 1 aliphatic heterocycles. The van der Waals surface area contributed by atoms with Gasteiger partial charge in [0, 0.05) is 41.2 Å². The number of benzene rings is 2. The van der Waals surface area contributed by atoms with Crippen LogP contribution in [0.25, 0.3) is 0 Å². The van der Waals surface area contributed by atoms with Crippen LogP contribution >= 0.6 is 0 Å². The van der Waals surface area contributed by atoms with Crippen LogP contribution in [0, 0.1) is 13.8 Å². The molecule has 29 heavy (non-hydrogen) atoms. The lowest BCUT2D eigenvalue weighted by molar-refractivity contribution is 0.0982. The van der Waals surface area contributed by atoms with Gasteiger partial charge in [0.05, 0.1) is 0 Å². The van der Waals surface area contributed by atoms with E-state index in [2.05, 4.69) is 40.2 Å². The van der Waals surface area contributed by atoms with E-state index in [4.69, 9.17) is 0 Å². The van der Waals surface area contributed by atoms with E-state index in [0.29, 0.717) is 18.4 Å². The SMILES string of the molecule is Cc1cc(C)c(CCC(=O)c2ccc3c(c2)CCCN3c2ccccc2)c(=O)[nH]1. The third-order valence-electron chi connectivity index (χ3n) is 5.68. The molecule has 2 heterocycles. The number of nitrogens with zero attached hydrogens (tertiary/aromatic N) is 1. The lowest BCUT2D eigenvalue weighted by atomic mass is 9.95.